The number of aromatic nitrogens is 3. The van der Waals surface area contributed by atoms with Crippen molar-refractivity contribution in [2.45, 2.75) is 40.3 Å². The summed E-state index contributed by atoms with van der Waals surface area (Å²) in [7, 11) is 0. The highest BCUT2D eigenvalue weighted by Crippen LogP contribution is 2.36. The van der Waals surface area contributed by atoms with Crippen molar-refractivity contribution in [2.24, 2.45) is 17.4 Å². The smallest absolute Gasteiger partial charge is 0.275 e. The van der Waals surface area contributed by atoms with Crippen LogP contribution in [0.25, 0.3) is 22.2 Å². The molecule has 4 aromatic rings. The Bertz CT molecular complexity index is 1330. The summed E-state index contributed by atoms with van der Waals surface area (Å²) in [5.41, 5.74) is 19.8. The number of carbonyl (C=O) groups is 1. The highest BCUT2D eigenvalue weighted by molar-refractivity contribution is 6.06. The number of hydrogen-bond acceptors (Lipinski definition) is 6. The second kappa shape index (κ2) is 10.1. The lowest BCUT2D eigenvalue weighted by atomic mass is 9.92. The molecule has 0 saturated heterocycles. The normalized spacial score (nSPS) is 11.2. The molecule has 174 valence electrons. The third-order valence-corrected chi connectivity index (χ3v) is 5.77. The number of para-hydroxylation sites is 2. The summed E-state index contributed by atoms with van der Waals surface area (Å²) in [5, 5.41) is 3.06. The molecule has 2 heterocycles. The Morgan fingerprint density at radius 1 is 0.971 bits per heavy atom. The summed E-state index contributed by atoms with van der Waals surface area (Å²) in [6.45, 7) is 6.98. The molecule has 0 aliphatic carbocycles. The third kappa shape index (κ3) is 4.81. The first-order chi connectivity index (χ1) is 16.4. The Morgan fingerprint density at radius 3 is 2.32 bits per heavy atom. The van der Waals surface area contributed by atoms with Gasteiger partial charge in [-0.05, 0) is 48.1 Å². The van der Waals surface area contributed by atoms with Gasteiger partial charge in [-0.2, -0.15) is 0 Å². The first kappa shape index (κ1) is 23.5. The largest absolute Gasteiger partial charge is 0.326 e. The van der Waals surface area contributed by atoms with E-state index in [1.54, 1.807) is 0 Å². The number of amides is 1. The number of pyridine rings is 1. The molecule has 1 amide bonds. The zero-order valence-electron chi connectivity index (χ0n) is 19.8. The highest BCUT2D eigenvalue weighted by Gasteiger charge is 2.22. The van der Waals surface area contributed by atoms with Crippen molar-refractivity contribution in [3.8, 4) is 11.1 Å². The van der Waals surface area contributed by atoms with Gasteiger partial charge in [-0.25, -0.2) is 4.98 Å². The Balaban J connectivity index is 1.83. The third-order valence-electron chi connectivity index (χ3n) is 5.77. The minimum Gasteiger partial charge on any atom is -0.326 e. The van der Waals surface area contributed by atoms with E-state index in [0.717, 1.165) is 45.6 Å². The first-order valence-electron chi connectivity index (χ1n) is 11.5. The lowest BCUT2D eigenvalue weighted by Crippen LogP contribution is -2.19. The molecule has 0 fully saturated rings. The maximum Gasteiger partial charge on any atom is 0.275 e. The average molecular weight is 455 g/mol. The summed E-state index contributed by atoms with van der Waals surface area (Å²) in [6, 6.07) is 15.5. The maximum atomic E-state index is 13.3. The molecule has 0 aliphatic heterocycles. The molecule has 0 radical (unpaired) electrons. The number of anilines is 1. The minimum absolute atomic E-state index is 0.239. The zero-order valence-corrected chi connectivity index (χ0v) is 19.8. The van der Waals surface area contributed by atoms with Crippen molar-refractivity contribution < 1.29 is 4.79 Å². The van der Waals surface area contributed by atoms with Gasteiger partial charge < -0.3 is 16.8 Å². The Hall–Kier alpha value is -3.68. The van der Waals surface area contributed by atoms with Crippen molar-refractivity contribution in [3.05, 3.63) is 82.9 Å². The fourth-order valence-electron chi connectivity index (χ4n) is 4.10. The average Bonchev–Trinajstić information content (AvgIpc) is 2.84. The van der Waals surface area contributed by atoms with Crippen LogP contribution in [0.1, 0.15) is 46.9 Å². The number of nitrogens with one attached hydrogen (secondary N) is 1. The number of hydrogen-bond donors (Lipinski definition) is 3. The van der Waals surface area contributed by atoms with E-state index < -0.39 is 0 Å². The molecule has 0 unspecified atom stereocenters. The van der Waals surface area contributed by atoms with E-state index in [2.05, 4.69) is 29.1 Å². The molecule has 0 atom stereocenters. The summed E-state index contributed by atoms with van der Waals surface area (Å²) in [5.74, 6) is 0.0699. The van der Waals surface area contributed by atoms with E-state index in [4.69, 9.17) is 16.5 Å². The van der Waals surface area contributed by atoms with Crippen LogP contribution < -0.4 is 16.8 Å². The number of carbonyl (C=O) groups excluding carboxylic acids is 1. The second-order valence-electron chi connectivity index (χ2n) is 8.77. The SMILES string of the molecule is Cc1nc(CC(C)C)c(CN)c(-c2ccc(CN)cc2)c1NC(=O)c1cnc2ccccc2n1. The molecule has 0 bridgehead atoms. The van der Waals surface area contributed by atoms with Crippen LogP contribution in [-0.2, 0) is 19.5 Å². The molecule has 34 heavy (non-hydrogen) atoms. The number of rotatable bonds is 7. The van der Waals surface area contributed by atoms with Crippen LogP contribution in [0, 0.1) is 12.8 Å². The number of aryl methyl sites for hydroxylation is 1. The summed E-state index contributed by atoms with van der Waals surface area (Å²) < 4.78 is 0. The molecule has 4 rings (SSSR count). The number of fused-ring (bicyclic) bond motifs is 1. The van der Waals surface area contributed by atoms with Gasteiger partial charge in [0.1, 0.15) is 5.69 Å². The molecule has 2 aromatic heterocycles. The first-order valence-corrected chi connectivity index (χ1v) is 11.5. The molecule has 7 nitrogen and oxygen atoms in total. The van der Waals surface area contributed by atoms with Gasteiger partial charge in [-0.3, -0.25) is 14.8 Å². The maximum absolute atomic E-state index is 13.3. The van der Waals surface area contributed by atoms with Crippen molar-refractivity contribution in [3.63, 3.8) is 0 Å². The second-order valence-corrected chi connectivity index (χ2v) is 8.77. The molecule has 0 spiro atoms. The number of nitrogens with two attached hydrogens (primary N) is 2. The number of nitrogens with zero attached hydrogens (tertiary/aromatic N) is 3. The van der Waals surface area contributed by atoms with Gasteiger partial charge in [0.2, 0.25) is 0 Å². The summed E-state index contributed by atoms with van der Waals surface area (Å²) in [6.07, 6.45) is 2.29. The molecular weight excluding hydrogens is 424 g/mol. The van der Waals surface area contributed by atoms with Crippen LogP contribution in [0.2, 0.25) is 0 Å². The van der Waals surface area contributed by atoms with Crippen molar-refractivity contribution >= 4 is 22.6 Å². The van der Waals surface area contributed by atoms with E-state index in [1.165, 1.54) is 6.20 Å². The van der Waals surface area contributed by atoms with Gasteiger partial charge in [0.25, 0.3) is 5.91 Å². The van der Waals surface area contributed by atoms with Gasteiger partial charge in [0, 0.05) is 24.3 Å². The molecule has 0 saturated carbocycles. The van der Waals surface area contributed by atoms with Gasteiger partial charge >= 0.3 is 0 Å². The molecule has 5 N–H and O–H groups in total. The van der Waals surface area contributed by atoms with Crippen LogP contribution >= 0.6 is 0 Å². The molecule has 7 heteroatoms. The Kier molecular flexibility index (Phi) is 6.95. The van der Waals surface area contributed by atoms with Crippen LogP contribution in [0.15, 0.2) is 54.7 Å². The highest BCUT2D eigenvalue weighted by atomic mass is 16.1. The van der Waals surface area contributed by atoms with Crippen molar-refractivity contribution in [2.75, 3.05) is 5.32 Å². The molecular formula is C27H30N6O. The van der Waals surface area contributed by atoms with E-state index >= 15 is 0 Å². The van der Waals surface area contributed by atoms with Crippen LogP contribution in [-0.4, -0.2) is 20.9 Å². The van der Waals surface area contributed by atoms with Crippen LogP contribution in [0.4, 0.5) is 5.69 Å². The topological polar surface area (TPSA) is 120 Å². The van der Waals surface area contributed by atoms with Gasteiger partial charge in [-0.15, -0.1) is 0 Å². The van der Waals surface area contributed by atoms with E-state index in [-0.39, 0.29) is 11.6 Å². The summed E-state index contributed by atoms with van der Waals surface area (Å²) >= 11 is 0. The number of benzene rings is 2. The van der Waals surface area contributed by atoms with Crippen molar-refractivity contribution in [1.29, 1.82) is 0 Å². The standard InChI is InChI=1S/C27H30N6O/c1-16(2)12-23-20(14-29)25(19-10-8-18(13-28)9-11-19)26(17(3)31-23)33-27(34)24-15-30-21-6-4-5-7-22(21)32-24/h4-11,15-16H,12-14,28-29H2,1-3H3,(H,33,34). The predicted octanol–water partition coefficient (Wildman–Crippen LogP) is 4.37. The molecule has 0 aliphatic rings. The van der Waals surface area contributed by atoms with E-state index in [0.29, 0.717) is 30.2 Å². The van der Waals surface area contributed by atoms with Gasteiger partial charge in [-0.1, -0.05) is 50.2 Å². The monoisotopic (exact) mass is 454 g/mol. The van der Waals surface area contributed by atoms with E-state index in [9.17, 15) is 4.79 Å². The summed E-state index contributed by atoms with van der Waals surface area (Å²) in [4.78, 5) is 27.0. The predicted molar refractivity (Wildman–Crippen MR) is 136 cm³/mol. The van der Waals surface area contributed by atoms with Crippen LogP contribution in [0.3, 0.4) is 0 Å². The van der Waals surface area contributed by atoms with Gasteiger partial charge in [0.15, 0.2) is 0 Å². The lowest BCUT2D eigenvalue weighted by molar-refractivity contribution is 0.102. The zero-order chi connectivity index (χ0) is 24.2. The lowest BCUT2D eigenvalue weighted by Gasteiger charge is -2.21. The fourth-order valence-corrected chi connectivity index (χ4v) is 4.10. The fraction of sp³-hybridized carbons (Fsp3) is 0.259. The van der Waals surface area contributed by atoms with Gasteiger partial charge in [0.05, 0.1) is 28.6 Å². The van der Waals surface area contributed by atoms with E-state index in [1.807, 2.05) is 55.5 Å². The Morgan fingerprint density at radius 2 is 1.68 bits per heavy atom. The molecule has 2 aromatic carbocycles. The van der Waals surface area contributed by atoms with Crippen LogP contribution in [0.5, 0.6) is 0 Å². The van der Waals surface area contributed by atoms with Crippen molar-refractivity contribution in [1.82, 2.24) is 15.0 Å². The minimum atomic E-state index is -0.345. The Labute approximate surface area is 199 Å². The quantitative estimate of drug-likeness (QED) is 0.381.